The van der Waals surface area contributed by atoms with Crippen LogP contribution in [0.3, 0.4) is 0 Å². The first-order valence-electron chi connectivity index (χ1n) is 6.24. The number of benzene rings is 1. The van der Waals surface area contributed by atoms with Crippen LogP contribution in [-0.4, -0.2) is 9.97 Å². The fourth-order valence-corrected chi connectivity index (χ4v) is 2.43. The molecule has 2 heteroatoms. The van der Waals surface area contributed by atoms with Gasteiger partial charge < -0.3 is 0 Å². The highest BCUT2D eigenvalue weighted by Crippen LogP contribution is 2.26. The van der Waals surface area contributed by atoms with Gasteiger partial charge in [0.1, 0.15) is 0 Å². The van der Waals surface area contributed by atoms with Crippen LogP contribution in [0.5, 0.6) is 0 Å². The molecule has 86 valence electrons. The summed E-state index contributed by atoms with van der Waals surface area (Å²) in [4.78, 5) is 8.74. The van der Waals surface area contributed by atoms with Gasteiger partial charge in [-0.3, -0.25) is 9.97 Å². The van der Waals surface area contributed by atoms with Gasteiger partial charge in [-0.05, 0) is 49.8 Å². The number of hydrogen-bond donors (Lipinski definition) is 0. The third-order valence-corrected chi connectivity index (χ3v) is 3.43. The number of aryl methyl sites for hydroxylation is 3. The molecule has 0 bridgehead atoms. The van der Waals surface area contributed by atoms with Crippen molar-refractivity contribution in [3.05, 3.63) is 47.4 Å². The van der Waals surface area contributed by atoms with Gasteiger partial charge in [-0.15, -0.1) is 0 Å². The molecule has 1 aliphatic carbocycles. The van der Waals surface area contributed by atoms with Crippen LogP contribution in [0.25, 0.3) is 11.3 Å². The highest BCUT2D eigenvalue weighted by Gasteiger charge is 2.10. The summed E-state index contributed by atoms with van der Waals surface area (Å²) in [7, 11) is 0. The van der Waals surface area contributed by atoms with E-state index in [2.05, 4.69) is 28.2 Å². The van der Waals surface area contributed by atoms with E-state index in [1.807, 2.05) is 19.3 Å². The maximum absolute atomic E-state index is 4.43. The second-order valence-corrected chi connectivity index (χ2v) is 4.73. The van der Waals surface area contributed by atoms with Crippen molar-refractivity contribution in [3.63, 3.8) is 0 Å². The quantitative estimate of drug-likeness (QED) is 0.742. The molecule has 0 atom stereocenters. The zero-order valence-electron chi connectivity index (χ0n) is 10.1. The third kappa shape index (κ3) is 2.07. The molecule has 1 aromatic carbocycles. The Kier molecular flexibility index (Phi) is 2.63. The molecule has 1 aliphatic rings. The Morgan fingerprint density at radius 3 is 2.53 bits per heavy atom. The van der Waals surface area contributed by atoms with Gasteiger partial charge in [0.05, 0.1) is 17.6 Å². The molecule has 2 aromatic rings. The summed E-state index contributed by atoms with van der Waals surface area (Å²) in [6.45, 7) is 1.96. The molecule has 3 rings (SSSR count). The Morgan fingerprint density at radius 1 is 0.941 bits per heavy atom. The lowest BCUT2D eigenvalue weighted by Crippen LogP contribution is -2.02. The van der Waals surface area contributed by atoms with E-state index in [1.54, 1.807) is 0 Å². The van der Waals surface area contributed by atoms with Crippen molar-refractivity contribution in [1.29, 1.82) is 0 Å². The van der Waals surface area contributed by atoms with Crippen LogP contribution >= 0.6 is 0 Å². The van der Waals surface area contributed by atoms with Crippen molar-refractivity contribution < 1.29 is 0 Å². The van der Waals surface area contributed by atoms with Crippen molar-refractivity contribution in [1.82, 2.24) is 9.97 Å². The van der Waals surface area contributed by atoms with Crippen molar-refractivity contribution >= 4 is 0 Å². The van der Waals surface area contributed by atoms with Gasteiger partial charge in [-0.2, -0.15) is 0 Å². The Hall–Kier alpha value is -1.70. The average molecular weight is 224 g/mol. The van der Waals surface area contributed by atoms with E-state index in [9.17, 15) is 0 Å². The van der Waals surface area contributed by atoms with E-state index in [0.29, 0.717) is 0 Å². The van der Waals surface area contributed by atoms with Crippen molar-refractivity contribution in [2.24, 2.45) is 0 Å². The first-order chi connectivity index (χ1) is 8.33. The van der Waals surface area contributed by atoms with Crippen LogP contribution < -0.4 is 0 Å². The first-order valence-corrected chi connectivity index (χ1v) is 6.24. The van der Waals surface area contributed by atoms with E-state index in [4.69, 9.17) is 0 Å². The monoisotopic (exact) mass is 224 g/mol. The minimum atomic E-state index is 0.965. The molecule has 1 heterocycles. The maximum Gasteiger partial charge on any atom is 0.0885 e. The van der Waals surface area contributed by atoms with Crippen molar-refractivity contribution in [3.8, 4) is 11.3 Å². The van der Waals surface area contributed by atoms with E-state index >= 15 is 0 Å². The zero-order chi connectivity index (χ0) is 11.7. The van der Waals surface area contributed by atoms with Gasteiger partial charge in [0.2, 0.25) is 0 Å². The maximum atomic E-state index is 4.43. The summed E-state index contributed by atoms with van der Waals surface area (Å²) in [5, 5.41) is 0. The van der Waals surface area contributed by atoms with E-state index < -0.39 is 0 Å². The van der Waals surface area contributed by atoms with Crippen LogP contribution in [0.2, 0.25) is 0 Å². The molecule has 0 amide bonds. The molecule has 0 N–H and O–H groups in total. The van der Waals surface area contributed by atoms with Gasteiger partial charge in [-0.25, -0.2) is 0 Å². The average Bonchev–Trinajstić information content (AvgIpc) is 2.39. The molecule has 0 aliphatic heterocycles. The lowest BCUT2D eigenvalue weighted by molar-refractivity contribution is 0.686. The Labute approximate surface area is 102 Å². The Balaban J connectivity index is 2.01. The fraction of sp³-hybridized carbons (Fsp3) is 0.333. The summed E-state index contributed by atoms with van der Waals surface area (Å²) in [6.07, 6.45) is 8.78. The Morgan fingerprint density at radius 2 is 1.76 bits per heavy atom. The normalized spacial score (nSPS) is 14.4. The molecule has 17 heavy (non-hydrogen) atoms. The van der Waals surface area contributed by atoms with Crippen LogP contribution in [-0.2, 0) is 12.8 Å². The zero-order valence-corrected chi connectivity index (χ0v) is 10.1. The van der Waals surface area contributed by atoms with E-state index in [0.717, 1.165) is 11.4 Å². The lowest BCUT2D eigenvalue weighted by Gasteiger charge is -2.16. The Bertz CT molecular complexity index is 529. The van der Waals surface area contributed by atoms with Crippen molar-refractivity contribution in [2.45, 2.75) is 32.6 Å². The minimum Gasteiger partial charge on any atom is -0.258 e. The standard InChI is InChI=1S/C15H16N2/c1-11-9-17-15(10-16-11)14-7-6-12-4-2-3-5-13(12)8-14/h6-10H,2-5H2,1H3. The second-order valence-electron chi connectivity index (χ2n) is 4.73. The molecule has 0 fully saturated rings. The molecule has 0 spiro atoms. The van der Waals surface area contributed by atoms with Gasteiger partial charge in [-0.1, -0.05) is 12.1 Å². The fourth-order valence-electron chi connectivity index (χ4n) is 2.43. The molecule has 1 aromatic heterocycles. The van der Waals surface area contributed by atoms with Gasteiger partial charge >= 0.3 is 0 Å². The van der Waals surface area contributed by atoms with Crippen LogP contribution in [0.1, 0.15) is 29.7 Å². The van der Waals surface area contributed by atoms with Crippen LogP contribution in [0, 0.1) is 6.92 Å². The third-order valence-electron chi connectivity index (χ3n) is 3.43. The highest BCUT2D eigenvalue weighted by atomic mass is 14.8. The highest BCUT2D eigenvalue weighted by molar-refractivity contribution is 5.60. The van der Waals surface area contributed by atoms with Gasteiger partial charge in [0.15, 0.2) is 0 Å². The van der Waals surface area contributed by atoms with Gasteiger partial charge in [0, 0.05) is 11.8 Å². The summed E-state index contributed by atoms with van der Waals surface area (Å²) in [5.74, 6) is 0. The lowest BCUT2D eigenvalue weighted by atomic mass is 9.90. The smallest absolute Gasteiger partial charge is 0.0885 e. The predicted molar refractivity (Wildman–Crippen MR) is 68.8 cm³/mol. The number of nitrogens with zero attached hydrogens (tertiary/aromatic N) is 2. The summed E-state index contributed by atoms with van der Waals surface area (Å²) in [5.41, 5.74) is 6.14. The minimum absolute atomic E-state index is 0.965. The van der Waals surface area contributed by atoms with E-state index in [1.165, 1.54) is 42.4 Å². The molecular weight excluding hydrogens is 208 g/mol. The number of fused-ring (bicyclic) bond motifs is 1. The number of hydrogen-bond acceptors (Lipinski definition) is 2. The second kappa shape index (κ2) is 4.28. The van der Waals surface area contributed by atoms with E-state index in [-0.39, 0.29) is 0 Å². The van der Waals surface area contributed by atoms with Crippen LogP contribution in [0.4, 0.5) is 0 Å². The molecule has 0 saturated carbocycles. The molecule has 2 nitrogen and oxygen atoms in total. The number of rotatable bonds is 1. The molecule has 0 radical (unpaired) electrons. The molecular formula is C15H16N2. The van der Waals surface area contributed by atoms with Gasteiger partial charge in [0.25, 0.3) is 0 Å². The SMILES string of the molecule is Cc1cnc(-c2ccc3c(c2)CCCC3)cn1. The summed E-state index contributed by atoms with van der Waals surface area (Å²) >= 11 is 0. The molecule has 0 unspecified atom stereocenters. The predicted octanol–water partition coefficient (Wildman–Crippen LogP) is 3.33. The number of aromatic nitrogens is 2. The molecule has 0 saturated heterocycles. The first kappa shape index (κ1) is 10.5. The topological polar surface area (TPSA) is 25.8 Å². The van der Waals surface area contributed by atoms with Crippen molar-refractivity contribution in [2.75, 3.05) is 0 Å². The largest absolute Gasteiger partial charge is 0.258 e. The summed E-state index contributed by atoms with van der Waals surface area (Å²) < 4.78 is 0. The summed E-state index contributed by atoms with van der Waals surface area (Å²) in [6, 6.07) is 6.71. The van der Waals surface area contributed by atoms with Crippen LogP contribution in [0.15, 0.2) is 30.6 Å².